The van der Waals surface area contributed by atoms with Gasteiger partial charge in [0, 0.05) is 26.1 Å². The summed E-state index contributed by atoms with van der Waals surface area (Å²) in [5.74, 6) is -1.54. The molecule has 2 amide bonds. The molecule has 0 saturated carbocycles. The molecule has 2 aromatic carbocycles. The van der Waals surface area contributed by atoms with Crippen molar-refractivity contribution in [2.45, 2.75) is 38.1 Å². The number of benzene rings is 2. The largest absolute Gasteiger partial charge is 0.480 e. The van der Waals surface area contributed by atoms with E-state index in [1.54, 1.807) is 0 Å². The van der Waals surface area contributed by atoms with Crippen LogP contribution in [-0.4, -0.2) is 66.9 Å². The molecule has 2 N–H and O–H groups in total. The monoisotopic (exact) mass is 480 g/mol. The van der Waals surface area contributed by atoms with Crippen molar-refractivity contribution in [3.63, 3.8) is 0 Å². The molecule has 1 atom stereocenters. The summed E-state index contributed by atoms with van der Waals surface area (Å²) in [6.45, 7) is 3.75. The van der Waals surface area contributed by atoms with Crippen molar-refractivity contribution in [3.8, 4) is 11.1 Å². The third-order valence-electron chi connectivity index (χ3n) is 7.36. The number of ether oxygens (including phenoxy) is 2. The Balaban J connectivity index is 1.43. The van der Waals surface area contributed by atoms with Crippen molar-refractivity contribution < 1.29 is 29.0 Å². The van der Waals surface area contributed by atoms with E-state index < -0.39 is 23.0 Å². The lowest BCUT2D eigenvalue weighted by Gasteiger charge is -2.42. The molecule has 35 heavy (non-hydrogen) atoms. The van der Waals surface area contributed by atoms with Gasteiger partial charge in [0.1, 0.15) is 12.1 Å². The number of aliphatic carboxylic acids is 1. The van der Waals surface area contributed by atoms with Crippen LogP contribution in [0.25, 0.3) is 11.1 Å². The molecule has 4 rings (SSSR count). The summed E-state index contributed by atoms with van der Waals surface area (Å²) >= 11 is 0. The van der Waals surface area contributed by atoms with Crippen molar-refractivity contribution in [3.05, 3.63) is 59.7 Å². The van der Waals surface area contributed by atoms with Crippen molar-refractivity contribution in [2.24, 2.45) is 5.41 Å². The summed E-state index contributed by atoms with van der Waals surface area (Å²) in [4.78, 5) is 39.0. The molecule has 0 aromatic heterocycles. The molecule has 0 spiro atoms. The third-order valence-corrected chi connectivity index (χ3v) is 7.36. The fourth-order valence-corrected chi connectivity index (χ4v) is 4.88. The summed E-state index contributed by atoms with van der Waals surface area (Å²) in [5, 5.41) is 12.3. The van der Waals surface area contributed by atoms with Gasteiger partial charge in [-0.1, -0.05) is 48.5 Å². The van der Waals surface area contributed by atoms with Gasteiger partial charge in [-0.3, -0.25) is 4.79 Å². The fraction of sp³-hybridized carbons (Fsp3) is 0.444. The number of fused-ring (bicyclic) bond motifs is 3. The lowest BCUT2D eigenvalue weighted by Crippen LogP contribution is -2.59. The molecule has 8 heteroatoms. The van der Waals surface area contributed by atoms with Gasteiger partial charge in [-0.05, 0) is 48.9 Å². The first-order valence-corrected chi connectivity index (χ1v) is 11.9. The molecule has 0 bridgehead atoms. The van der Waals surface area contributed by atoms with Crippen molar-refractivity contribution in [2.75, 3.05) is 33.4 Å². The van der Waals surface area contributed by atoms with Crippen molar-refractivity contribution in [1.29, 1.82) is 0 Å². The highest BCUT2D eigenvalue weighted by Crippen LogP contribution is 2.44. The Hall–Kier alpha value is -3.39. The number of hydrogen-bond acceptors (Lipinski definition) is 5. The zero-order valence-corrected chi connectivity index (χ0v) is 20.4. The Labute approximate surface area is 205 Å². The lowest BCUT2D eigenvalue weighted by molar-refractivity contribution is -0.164. The van der Waals surface area contributed by atoms with Gasteiger partial charge >= 0.3 is 12.1 Å². The number of carbonyl (C=O) groups excluding carboxylic acids is 2. The molecule has 1 aliphatic heterocycles. The first kappa shape index (κ1) is 24.7. The maximum Gasteiger partial charge on any atom is 0.407 e. The highest BCUT2D eigenvalue weighted by molar-refractivity contribution is 5.90. The zero-order chi connectivity index (χ0) is 25.2. The number of carboxylic acid groups (broad SMARTS) is 1. The average molecular weight is 481 g/mol. The Bertz CT molecular complexity index is 1080. The molecule has 0 radical (unpaired) electrons. The normalized spacial score (nSPS) is 19.4. The maximum atomic E-state index is 13.4. The van der Waals surface area contributed by atoms with Crippen LogP contribution in [0.4, 0.5) is 4.79 Å². The minimum atomic E-state index is -1.40. The number of nitrogens with zero attached hydrogens (tertiary/aromatic N) is 1. The molecule has 2 aromatic rings. The Kier molecular flexibility index (Phi) is 6.85. The summed E-state index contributed by atoms with van der Waals surface area (Å²) < 4.78 is 11.2. The number of carbonyl (C=O) groups is 3. The van der Waals surface area contributed by atoms with Gasteiger partial charge in [0.25, 0.3) is 0 Å². The van der Waals surface area contributed by atoms with Crippen LogP contribution in [-0.2, 0) is 19.1 Å². The molecule has 1 aliphatic carbocycles. The molecule has 1 unspecified atom stereocenters. The highest BCUT2D eigenvalue weighted by atomic mass is 16.5. The van der Waals surface area contributed by atoms with Crippen LogP contribution in [0.1, 0.15) is 43.7 Å². The van der Waals surface area contributed by atoms with Crippen molar-refractivity contribution >= 4 is 18.0 Å². The van der Waals surface area contributed by atoms with Gasteiger partial charge in [-0.2, -0.15) is 0 Å². The van der Waals surface area contributed by atoms with Crippen LogP contribution in [0, 0.1) is 5.41 Å². The highest BCUT2D eigenvalue weighted by Gasteiger charge is 2.47. The first-order valence-electron chi connectivity index (χ1n) is 11.9. The van der Waals surface area contributed by atoms with Gasteiger partial charge in [0.05, 0.1) is 12.0 Å². The van der Waals surface area contributed by atoms with Crippen LogP contribution in [0.3, 0.4) is 0 Å². The number of amides is 2. The van der Waals surface area contributed by atoms with E-state index in [-0.39, 0.29) is 31.6 Å². The summed E-state index contributed by atoms with van der Waals surface area (Å²) in [6.07, 6.45) is 0.499. The summed E-state index contributed by atoms with van der Waals surface area (Å²) in [5.41, 5.74) is 2.07. The molecule has 2 aliphatic rings. The van der Waals surface area contributed by atoms with Crippen LogP contribution in [0.2, 0.25) is 0 Å². The van der Waals surface area contributed by atoms with Gasteiger partial charge in [0.15, 0.2) is 0 Å². The zero-order valence-electron chi connectivity index (χ0n) is 20.4. The Morgan fingerprint density at radius 3 is 2.26 bits per heavy atom. The first-order chi connectivity index (χ1) is 16.7. The second-order valence-corrected chi connectivity index (χ2v) is 9.84. The quantitative estimate of drug-likeness (QED) is 0.627. The minimum Gasteiger partial charge on any atom is -0.480 e. The van der Waals surface area contributed by atoms with E-state index in [1.165, 1.54) is 25.8 Å². The summed E-state index contributed by atoms with van der Waals surface area (Å²) in [6, 6.07) is 16.2. The predicted octanol–water partition coefficient (Wildman–Crippen LogP) is 3.64. The van der Waals surface area contributed by atoms with E-state index in [0.717, 1.165) is 22.3 Å². The van der Waals surface area contributed by atoms with Crippen LogP contribution in [0.15, 0.2) is 48.5 Å². The second kappa shape index (κ2) is 9.70. The van der Waals surface area contributed by atoms with E-state index >= 15 is 0 Å². The number of alkyl carbamates (subject to hydrolysis) is 1. The average Bonchev–Trinajstić information content (AvgIpc) is 3.19. The second-order valence-electron chi connectivity index (χ2n) is 9.84. The van der Waals surface area contributed by atoms with Crippen molar-refractivity contribution in [1.82, 2.24) is 10.2 Å². The van der Waals surface area contributed by atoms with Crippen LogP contribution < -0.4 is 5.32 Å². The number of nitrogens with one attached hydrogen (secondary N) is 1. The smallest absolute Gasteiger partial charge is 0.407 e. The fourth-order valence-electron chi connectivity index (χ4n) is 4.88. The maximum absolute atomic E-state index is 13.4. The van der Waals surface area contributed by atoms with E-state index in [4.69, 9.17) is 9.47 Å². The van der Waals surface area contributed by atoms with Gasteiger partial charge in [-0.15, -0.1) is 0 Å². The molecular weight excluding hydrogens is 448 g/mol. The molecule has 1 heterocycles. The Morgan fingerprint density at radius 2 is 1.71 bits per heavy atom. The van der Waals surface area contributed by atoms with E-state index in [2.05, 4.69) is 17.4 Å². The summed E-state index contributed by atoms with van der Waals surface area (Å²) in [7, 11) is 1.47. The van der Waals surface area contributed by atoms with E-state index in [0.29, 0.717) is 19.4 Å². The minimum absolute atomic E-state index is 0.00253. The topological polar surface area (TPSA) is 105 Å². The number of hydrogen-bond donors (Lipinski definition) is 2. The number of rotatable bonds is 7. The van der Waals surface area contributed by atoms with E-state index in [1.807, 2.05) is 36.4 Å². The number of likely N-dealkylation sites (N-methyl/N-ethyl adjacent to an activating group) is 1. The molecule has 8 nitrogen and oxygen atoms in total. The third kappa shape index (κ3) is 4.62. The van der Waals surface area contributed by atoms with Crippen LogP contribution in [0.5, 0.6) is 0 Å². The van der Waals surface area contributed by atoms with Gasteiger partial charge in [-0.25, -0.2) is 9.59 Å². The Morgan fingerprint density at radius 1 is 1.11 bits per heavy atom. The number of carboxylic acids is 1. The molecule has 1 saturated heterocycles. The molecule has 1 fully saturated rings. The lowest BCUT2D eigenvalue weighted by atomic mass is 9.80. The van der Waals surface area contributed by atoms with Gasteiger partial charge < -0.3 is 24.8 Å². The standard InChI is InChI=1S/C27H32N2O6/c1-26(2,24(31)32)29(3)23(30)27(13-8-14-34-17-27)16-28-25(33)35-15-22-20-11-6-4-9-18(20)19-10-5-7-12-21(19)22/h4-7,9-12,22H,8,13-17H2,1-3H3,(H,28,33)(H,31,32). The van der Waals surface area contributed by atoms with E-state index in [9.17, 15) is 19.5 Å². The molecule has 186 valence electrons. The van der Waals surface area contributed by atoms with Gasteiger partial charge in [0.2, 0.25) is 5.91 Å². The molecular formula is C27H32N2O6. The predicted molar refractivity (Wildman–Crippen MR) is 130 cm³/mol. The van der Waals surface area contributed by atoms with Crippen LogP contribution >= 0.6 is 0 Å². The SMILES string of the molecule is CN(C(=O)C1(CNC(=O)OCC2c3ccccc3-c3ccccc32)CCCOC1)C(C)(C)C(=O)O.